The zero-order valence-corrected chi connectivity index (χ0v) is 16.6. The minimum absolute atomic E-state index is 0.137. The Balaban J connectivity index is 1.55. The van der Waals surface area contributed by atoms with Crippen LogP contribution in [0, 0.1) is 0 Å². The molecule has 1 heterocycles. The lowest BCUT2D eigenvalue weighted by atomic mass is 10.2. The molecular formula is C21H23N3O5. The number of aryl methyl sites for hydroxylation is 1. The summed E-state index contributed by atoms with van der Waals surface area (Å²) in [5, 5.41) is 10.9. The van der Waals surface area contributed by atoms with Gasteiger partial charge in [-0.15, -0.1) is 10.2 Å². The molecule has 152 valence electrons. The largest absolute Gasteiger partial charge is 0.493 e. The fraction of sp³-hybridized carbons (Fsp3) is 0.286. The van der Waals surface area contributed by atoms with E-state index in [1.54, 1.807) is 12.1 Å². The van der Waals surface area contributed by atoms with Crippen molar-refractivity contribution in [2.45, 2.75) is 19.3 Å². The van der Waals surface area contributed by atoms with Gasteiger partial charge in [0.2, 0.25) is 23.4 Å². The quantitative estimate of drug-likeness (QED) is 0.588. The van der Waals surface area contributed by atoms with Crippen molar-refractivity contribution in [2.24, 2.45) is 0 Å². The summed E-state index contributed by atoms with van der Waals surface area (Å²) in [6, 6.07) is 12.9. The van der Waals surface area contributed by atoms with Gasteiger partial charge in [-0.1, -0.05) is 18.2 Å². The lowest BCUT2D eigenvalue weighted by molar-refractivity contribution is -0.116. The Morgan fingerprint density at radius 2 is 1.69 bits per heavy atom. The third-order valence-corrected chi connectivity index (χ3v) is 4.23. The number of benzene rings is 2. The van der Waals surface area contributed by atoms with E-state index < -0.39 is 0 Å². The highest BCUT2D eigenvalue weighted by Crippen LogP contribution is 2.39. The number of nitrogens with one attached hydrogen (secondary N) is 1. The molecular weight excluding hydrogens is 374 g/mol. The van der Waals surface area contributed by atoms with Gasteiger partial charge in [0.25, 0.3) is 0 Å². The Hall–Kier alpha value is -3.55. The molecule has 0 aliphatic heterocycles. The second-order valence-corrected chi connectivity index (χ2v) is 6.18. The van der Waals surface area contributed by atoms with Crippen molar-refractivity contribution in [2.75, 3.05) is 26.6 Å². The molecule has 0 spiro atoms. The van der Waals surface area contributed by atoms with E-state index in [9.17, 15) is 4.79 Å². The molecule has 3 aromatic rings. The highest BCUT2D eigenvalue weighted by molar-refractivity contribution is 5.91. The monoisotopic (exact) mass is 397 g/mol. The molecule has 0 radical (unpaired) electrons. The smallest absolute Gasteiger partial charge is 0.247 e. The number of anilines is 1. The third-order valence-electron chi connectivity index (χ3n) is 4.23. The van der Waals surface area contributed by atoms with E-state index >= 15 is 0 Å². The van der Waals surface area contributed by atoms with Crippen molar-refractivity contribution in [3.8, 4) is 28.7 Å². The van der Waals surface area contributed by atoms with E-state index in [-0.39, 0.29) is 5.91 Å². The maximum Gasteiger partial charge on any atom is 0.247 e. The maximum atomic E-state index is 12.3. The summed E-state index contributed by atoms with van der Waals surface area (Å²) in [5.41, 5.74) is 1.43. The van der Waals surface area contributed by atoms with Gasteiger partial charge in [0.15, 0.2) is 11.5 Å². The van der Waals surface area contributed by atoms with Crippen molar-refractivity contribution in [1.82, 2.24) is 10.2 Å². The van der Waals surface area contributed by atoms with Gasteiger partial charge < -0.3 is 23.9 Å². The third kappa shape index (κ3) is 5.04. The number of hydrogen-bond acceptors (Lipinski definition) is 7. The first-order valence-electron chi connectivity index (χ1n) is 9.12. The van der Waals surface area contributed by atoms with Crippen molar-refractivity contribution >= 4 is 11.6 Å². The lowest BCUT2D eigenvalue weighted by Gasteiger charge is -2.14. The van der Waals surface area contributed by atoms with Gasteiger partial charge in [-0.2, -0.15) is 0 Å². The molecule has 1 aromatic heterocycles. The first-order chi connectivity index (χ1) is 14.1. The first-order valence-corrected chi connectivity index (χ1v) is 9.12. The molecule has 1 N–H and O–H groups in total. The van der Waals surface area contributed by atoms with Crippen LogP contribution in [0.5, 0.6) is 17.2 Å². The zero-order chi connectivity index (χ0) is 20.6. The summed E-state index contributed by atoms with van der Waals surface area (Å²) in [6.45, 7) is 0. The molecule has 29 heavy (non-hydrogen) atoms. The van der Waals surface area contributed by atoms with Gasteiger partial charge in [0.05, 0.1) is 21.3 Å². The summed E-state index contributed by atoms with van der Waals surface area (Å²) in [4.78, 5) is 12.3. The van der Waals surface area contributed by atoms with Crippen LogP contribution in [0.4, 0.5) is 5.69 Å². The van der Waals surface area contributed by atoms with Crippen LogP contribution in [0.2, 0.25) is 0 Å². The maximum absolute atomic E-state index is 12.3. The lowest BCUT2D eigenvalue weighted by Crippen LogP contribution is -2.12. The Morgan fingerprint density at radius 3 is 2.31 bits per heavy atom. The molecule has 0 fully saturated rings. The molecule has 0 aliphatic rings. The number of ether oxygens (including phenoxy) is 3. The Labute approximate surface area is 168 Å². The normalized spacial score (nSPS) is 10.4. The minimum Gasteiger partial charge on any atom is -0.493 e. The van der Waals surface area contributed by atoms with Crippen molar-refractivity contribution in [1.29, 1.82) is 0 Å². The van der Waals surface area contributed by atoms with Crippen LogP contribution < -0.4 is 19.5 Å². The molecule has 8 nitrogen and oxygen atoms in total. The van der Waals surface area contributed by atoms with Gasteiger partial charge in [0, 0.05) is 36.2 Å². The molecule has 0 bridgehead atoms. The SMILES string of the molecule is COc1cc(NC(=O)CCCc2nnc(-c3ccccc3)o2)cc(OC)c1OC. The number of methoxy groups -OCH3 is 3. The van der Waals surface area contributed by atoms with Gasteiger partial charge >= 0.3 is 0 Å². The van der Waals surface area contributed by atoms with Gasteiger partial charge in [0.1, 0.15) is 0 Å². The molecule has 0 aliphatic carbocycles. The summed E-state index contributed by atoms with van der Waals surface area (Å²) in [5.74, 6) is 2.26. The Bertz CT molecular complexity index is 931. The van der Waals surface area contributed by atoms with Crippen molar-refractivity contribution in [3.63, 3.8) is 0 Å². The number of amides is 1. The Kier molecular flexibility index (Phi) is 6.67. The van der Waals surface area contributed by atoms with Gasteiger partial charge in [-0.05, 0) is 18.6 Å². The van der Waals surface area contributed by atoms with E-state index in [1.807, 2.05) is 30.3 Å². The second-order valence-electron chi connectivity index (χ2n) is 6.18. The van der Waals surface area contributed by atoms with Crippen LogP contribution in [0.25, 0.3) is 11.5 Å². The van der Waals surface area contributed by atoms with Crippen molar-refractivity contribution < 1.29 is 23.4 Å². The highest BCUT2D eigenvalue weighted by atomic mass is 16.5. The van der Waals surface area contributed by atoms with E-state index in [0.29, 0.717) is 54.0 Å². The topological polar surface area (TPSA) is 95.7 Å². The van der Waals surface area contributed by atoms with E-state index in [4.69, 9.17) is 18.6 Å². The van der Waals surface area contributed by atoms with E-state index in [0.717, 1.165) is 5.56 Å². The standard InChI is InChI=1S/C21H23N3O5/c1-26-16-12-15(13-17(27-2)20(16)28-3)22-18(25)10-7-11-19-23-24-21(29-19)14-8-5-4-6-9-14/h4-6,8-9,12-13H,7,10-11H2,1-3H3,(H,22,25). The summed E-state index contributed by atoms with van der Waals surface area (Å²) in [6.07, 6.45) is 1.40. The number of rotatable bonds is 9. The fourth-order valence-corrected chi connectivity index (χ4v) is 2.83. The molecule has 0 saturated carbocycles. The van der Waals surface area contributed by atoms with Crippen LogP contribution in [-0.4, -0.2) is 37.4 Å². The fourth-order valence-electron chi connectivity index (χ4n) is 2.83. The molecule has 8 heteroatoms. The molecule has 2 aromatic carbocycles. The van der Waals surface area contributed by atoms with Crippen LogP contribution in [0.3, 0.4) is 0 Å². The second kappa shape index (κ2) is 9.59. The predicted octanol–water partition coefficient (Wildman–Crippen LogP) is 3.72. The van der Waals surface area contributed by atoms with Crippen LogP contribution >= 0.6 is 0 Å². The summed E-state index contributed by atoms with van der Waals surface area (Å²) < 4.78 is 21.5. The first kappa shape index (κ1) is 20.2. The average molecular weight is 397 g/mol. The van der Waals surface area contributed by atoms with E-state index in [2.05, 4.69) is 15.5 Å². The number of aromatic nitrogens is 2. The average Bonchev–Trinajstić information content (AvgIpc) is 3.22. The molecule has 3 rings (SSSR count). The number of nitrogens with zero attached hydrogens (tertiary/aromatic N) is 2. The highest BCUT2D eigenvalue weighted by Gasteiger charge is 2.15. The van der Waals surface area contributed by atoms with Crippen LogP contribution in [0.15, 0.2) is 46.9 Å². The zero-order valence-electron chi connectivity index (χ0n) is 16.6. The number of hydrogen-bond donors (Lipinski definition) is 1. The molecule has 1 amide bonds. The summed E-state index contributed by atoms with van der Waals surface area (Å²) in [7, 11) is 4.58. The number of carbonyl (C=O) groups excluding carboxylic acids is 1. The number of carbonyl (C=O) groups is 1. The molecule has 0 saturated heterocycles. The van der Waals surface area contributed by atoms with Crippen LogP contribution in [-0.2, 0) is 11.2 Å². The van der Waals surface area contributed by atoms with Gasteiger partial charge in [-0.25, -0.2) is 0 Å². The van der Waals surface area contributed by atoms with Gasteiger partial charge in [-0.3, -0.25) is 4.79 Å². The molecule has 0 atom stereocenters. The van der Waals surface area contributed by atoms with E-state index in [1.165, 1.54) is 21.3 Å². The minimum atomic E-state index is -0.137. The molecule has 0 unspecified atom stereocenters. The Morgan fingerprint density at radius 1 is 1.00 bits per heavy atom. The summed E-state index contributed by atoms with van der Waals surface area (Å²) >= 11 is 0. The van der Waals surface area contributed by atoms with Crippen molar-refractivity contribution in [3.05, 3.63) is 48.4 Å². The predicted molar refractivity (Wildman–Crippen MR) is 107 cm³/mol. The van der Waals surface area contributed by atoms with Crippen LogP contribution in [0.1, 0.15) is 18.7 Å².